The maximum atomic E-state index is 13.5. The summed E-state index contributed by atoms with van der Waals surface area (Å²) in [7, 11) is -3.39. The van der Waals surface area contributed by atoms with Crippen LogP contribution in [0.15, 0.2) is 64.3 Å². The largest absolute Gasteiger partial charge is 0.490 e. The Labute approximate surface area is 226 Å². The third kappa shape index (κ3) is 5.22. The molecule has 1 aliphatic rings. The molecule has 0 saturated heterocycles. The smallest absolute Gasteiger partial charge is 0.335 e. The lowest BCUT2D eigenvalue weighted by Gasteiger charge is -2.21. The number of rotatable bonds is 7. The predicted octanol–water partition coefficient (Wildman–Crippen LogP) is 4.59. The molecule has 2 heterocycles. The Morgan fingerprint density at radius 1 is 0.923 bits per heavy atom. The van der Waals surface area contributed by atoms with Crippen molar-refractivity contribution in [2.75, 3.05) is 11.0 Å². The van der Waals surface area contributed by atoms with E-state index in [1.54, 1.807) is 26.0 Å². The number of hydrogen-bond acceptors (Lipinski definition) is 6. The number of ether oxygens (including phenoxy) is 2. The van der Waals surface area contributed by atoms with Gasteiger partial charge < -0.3 is 9.47 Å². The highest BCUT2D eigenvalue weighted by Crippen LogP contribution is 2.43. The van der Waals surface area contributed by atoms with Crippen LogP contribution in [0.1, 0.15) is 44.9 Å². The van der Waals surface area contributed by atoms with Crippen LogP contribution in [0.5, 0.6) is 5.75 Å². The molecule has 0 saturated carbocycles. The molecule has 39 heavy (non-hydrogen) atoms. The predicted molar refractivity (Wildman–Crippen MR) is 152 cm³/mol. The zero-order chi connectivity index (χ0) is 28.1. The van der Waals surface area contributed by atoms with Crippen molar-refractivity contribution < 1.29 is 17.9 Å². The average molecular weight is 550 g/mol. The number of aromatic nitrogens is 2. The van der Waals surface area contributed by atoms with Crippen LogP contribution in [0.4, 0.5) is 5.69 Å². The van der Waals surface area contributed by atoms with Crippen molar-refractivity contribution in [3.05, 3.63) is 86.7 Å². The molecule has 3 aromatic carbocycles. The Hall–Kier alpha value is -3.89. The Morgan fingerprint density at radius 3 is 2.31 bits per heavy atom. The molecule has 0 aliphatic carbocycles. The number of nitrogens with zero attached hydrogens (tertiary/aromatic N) is 2. The van der Waals surface area contributed by atoms with Gasteiger partial charge in [-0.25, -0.2) is 13.2 Å². The first-order valence-corrected chi connectivity index (χ1v) is 14.6. The second-order valence-electron chi connectivity index (χ2n) is 10.3. The van der Waals surface area contributed by atoms with Gasteiger partial charge in [-0.05, 0) is 68.3 Å². The summed E-state index contributed by atoms with van der Waals surface area (Å²) in [6.45, 7) is 8.18. The van der Waals surface area contributed by atoms with Crippen LogP contribution in [-0.2, 0) is 28.0 Å². The fraction of sp³-hybridized carbons (Fsp3) is 0.310. The van der Waals surface area contributed by atoms with E-state index < -0.39 is 15.7 Å². The van der Waals surface area contributed by atoms with Crippen LogP contribution < -0.4 is 20.7 Å². The Balaban J connectivity index is 1.74. The summed E-state index contributed by atoms with van der Waals surface area (Å²) >= 11 is 0. The van der Waals surface area contributed by atoms with Gasteiger partial charge in [-0.15, -0.1) is 0 Å². The highest BCUT2D eigenvalue weighted by atomic mass is 32.2. The van der Waals surface area contributed by atoms with Gasteiger partial charge in [0.15, 0.2) is 0 Å². The summed E-state index contributed by atoms with van der Waals surface area (Å²) < 4.78 is 40.7. The average Bonchev–Trinajstić information content (AvgIpc) is 3.33. The van der Waals surface area contributed by atoms with Gasteiger partial charge in [-0.2, -0.15) is 0 Å². The minimum atomic E-state index is -3.39. The van der Waals surface area contributed by atoms with Gasteiger partial charge in [-0.3, -0.25) is 18.7 Å². The molecular weight excluding hydrogens is 518 g/mol. The molecule has 1 aromatic heterocycles. The summed E-state index contributed by atoms with van der Waals surface area (Å²) in [6.07, 6.45) is 2.53. The first kappa shape index (κ1) is 26.7. The minimum Gasteiger partial charge on any atom is -0.490 e. The van der Waals surface area contributed by atoms with Crippen LogP contribution in [-0.4, -0.2) is 29.9 Å². The molecule has 1 N–H and O–H groups in total. The van der Waals surface area contributed by atoms with Crippen LogP contribution >= 0.6 is 0 Å². The number of hydrogen-bond donors (Lipinski definition) is 1. The molecule has 0 unspecified atom stereocenters. The van der Waals surface area contributed by atoms with E-state index in [1.165, 1.54) is 21.4 Å². The molecule has 0 fully saturated rings. The molecule has 9 nitrogen and oxygen atoms in total. The molecule has 4 aromatic rings. The first-order valence-electron chi connectivity index (χ1n) is 12.7. The molecular formula is C29H31N3O6S. The Kier molecular flexibility index (Phi) is 6.86. The van der Waals surface area contributed by atoms with Gasteiger partial charge in [0.1, 0.15) is 5.75 Å². The van der Waals surface area contributed by atoms with E-state index in [9.17, 15) is 18.0 Å². The molecule has 0 amide bonds. The van der Waals surface area contributed by atoms with E-state index in [4.69, 9.17) is 9.47 Å². The van der Waals surface area contributed by atoms with Crippen LogP contribution in [0.2, 0.25) is 0 Å². The van der Waals surface area contributed by atoms with E-state index in [-0.39, 0.29) is 17.7 Å². The van der Waals surface area contributed by atoms with Gasteiger partial charge in [0.25, 0.3) is 5.56 Å². The normalized spacial score (nSPS) is 13.3. The molecule has 0 bridgehead atoms. The van der Waals surface area contributed by atoms with Gasteiger partial charge in [0.2, 0.25) is 10.0 Å². The van der Waals surface area contributed by atoms with Crippen molar-refractivity contribution in [1.82, 2.24) is 9.13 Å². The number of nitrogens with one attached hydrogen (secondary N) is 1. The lowest BCUT2D eigenvalue weighted by atomic mass is 9.95. The van der Waals surface area contributed by atoms with Crippen molar-refractivity contribution >= 4 is 26.5 Å². The number of benzene rings is 3. The monoisotopic (exact) mass is 549 g/mol. The lowest BCUT2D eigenvalue weighted by molar-refractivity contribution is 0.132. The molecule has 204 valence electrons. The fourth-order valence-electron chi connectivity index (χ4n) is 4.95. The number of anilines is 1. The summed E-state index contributed by atoms with van der Waals surface area (Å²) in [5.74, 6) is 0.696. The molecule has 10 heteroatoms. The molecule has 0 radical (unpaired) electrons. The summed E-state index contributed by atoms with van der Waals surface area (Å²) in [5, 5.41) is 1.77. The summed E-state index contributed by atoms with van der Waals surface area (Å²) in [4.78, 5) is 25.9. The standard InChI is InChI=1S/C29H31N3O6S/c1-17(2)32-27(33)10-11-31(29(32)34)26-14-23(28(38-18(3)4)25-16-37-15-24(25)26)21-7-6-20-13-22(30-39(5,35)36)9-8-19(20)12-21/h6-14,17-18,30H,15-16H2,1-5H3. The van der Waals surface area contributed by atoms with Gasteiger partial charge >= 0.3 is 5.69 Å². The van der Waals surface area contributed by atoms with Gasteiger partial charge in [0, 0.05) is 40.7 Å². The van der Waals surface area contributed by atoms with E-state index >= 15 is 0 Å². The second-order valence-corrected chi connectivity index (χ2v) is 12.1. The van der Waals surface area contributed by atoms with E-state index in [0.29, 0.717) is 30.3 Å². The number of fused-ring (bicyclic) bond motifs is 2. The Bertz CT molecular complexity index is 1820. The summed E-state index contributed by atoms with van der Waals surface area (Å²) in [5.41, 5.74) is 3.73. The maximum Gasteiger partial charge on any atom is 0.335 e. The molecule has 0 spiro atoms. The molecule has 1 aliphatic heterocycles. The van der Waals surface area contributed by atoms with E-state index in [2.05, 4.69) is 4.72 Å². The van der Waals surface area contributed by atoms with Crippen molar-refractivity contribution in [1.29, 1.82) is 0 Å². The lowest BCUT2D eigenvalue weighted by Crippen LogP contribution is -2.39. The highest BCUT2D eigenvalue weighted by Gasteiger charge is 2.27. The van der Waals surface area contributed by atoms with E-state index in [1.807, 2.05) is 44.2 Å². The van der Waals surface area contributed by atoms with Crippen molar-refractivity contribution in [2.45, 2.75) is 53.1 Å². The topological polar surface area (TPSA) is 109 Å². The van der Waals surface area contributed by atoms with Crippen LogP contribution in [0.25, 0.3) is 27.6 Å². The third-order valence-electron chi connectivity index (χ3n) is 6.57. The quantitative estimate of drug-likeness (QED) is 0.361. The zero-order valence-electron chi connectivity index (χ0n) is 22.5. The second kappa shape index (κ2) is 10.0. The fourth-order valence-corrected chi connectivity index (χ4v) is 5.51. The van der Waals surface area contributed by atoms with Crippen molar-refractivity contribution in [3.63, 3.8) is 0 Å². The van der Waals surface area contributed by atoms with Crippen LogP contribution in [0, 0.1) is 0 Å². The third-order valence-corrected chi connectivity index (χ3v) is 7.17. The van der Waals surface area contributed by atoms with Crippen molar-refractivity contribution in [2.24, 2.45) is 0 Å². The minimum absolute atomic E-state index is 0.102. The Morgan fingerprint density at radius 2 is 1.62 bits per heavy atom. The SMILES string of the molecule is CC(C)Oc1c(-c2ccc3cc(NS(C)(=O)=O)ccc3c2)cc(-n2ccc(=O)n(C(C)C)c2=O)c2c1COC2. The van der Waals surface area contributed by atoms with E-state index in [0.717, 1.165) is 39.3 Å². The molecule has 5 rings (SSSR count). The zero-order valence-corrected chi connectivity index (χ0v) is 23.3. The van der Waals surface area contributed by atoms with Gasteiger partial charge in [-0.1, -0.05) is 18.2 Å². The van der Waals surface area contributed by atoms with Crippen LogP contribution in [0.3, 0.4) is 0 Å². The highest BCUT2D eigenvalue weighted by molar-refractivity contribution is 7.92. The number of sulfonamides is 1. The summed E-state index contributed by atoms with van der Waals surface area (Å²) in [6, 6.07) is 14.2. The maximum absolute atomic E-state index is 13.5. The van der Waals surface area contributed by atoms with Gasteiger partial charge in [0.05, 0.1) is 31.3 Å². The first-order chi connectivity index (χ1) is 18.4. The molecule has 0 atom stereocenters. The van der Waals surface area contributed by atoms with Crippen molar-refractivity contribution in [3.8, 4) is 22.6 Å².